The van der Waals surface area contributed by atoms with Gasteiger partial charge in [0.25, 0.3) is 5.91 Å². The highest BCUT2D eigenvalue weighted by atomic mass is 79.9. The summed E-state index contributed by atoms with van der Waals surface area (Å²) in [6, 6.07) is 12.3. The molecular weight excluding hydrogens is 294 g/mol. The van der Waals surface area contributed by atoms with E-state index in [0.29, 0.717) is 6.54 Å². The quantitative estimate of drug-likeness (QED) is 0.878. The summed E-state index contributed by atoms with van der Waals surface area (Å²) in [7, 11) is 0. The Morgan fingerprint density at radius 2 is 1.83 bits per heavy atom. The molecule has 1 N–H and O–H groups in total. The van der Waals surface area contributed by atoms with E-state index in [1.54, 1.807) is 29.2 Å². The molecule has 0 unspecified atom stereocenters. The zero-order chi connectivity index (χ0) is 12.7. The molecule has 1 aliphatic rings. The van der Waals surface area contributed by atoms with Crippen LogP contribution in [-0.2, 0) is 6.54 Å². The maximum atomic E-state index is 12.2. The lowest BCUT2D eigenvalue weighted by Gasteiger charge is -2.15. The Bertz CT molecular complexity index is 622. The van der Waals surface area contributed by atoms with Crippen molar-refractivity contribution in [3.8, 4) is 5.75 Å². The van der Waals surface area contributed by atoms with Gasteiger partial charge in [-0.3, -0.25) is 4.79 Å². The number of phenolic OH excluding ortho intramolecular Hbond substituents is 1. The number of phenols is 1. The number of anilines is 1. The van der Waals surface area contributed by atoms with Crippen molar-refractivity contribution >= 4 is 27.5 Å². The molecule has 0 radical (unpaired) electrons. The summed E-state index contributed by atoms with van der Waals surface area (Å²) in [6.07, 6.45) is 0. The second kappa shape index (κ2) is 4.14. The zero-order valence-corrected chi connectivity index (χ0v) is 11.0. The monoisotopic (exact) mass is 303 g/mol. The van der Waals surface area contributed by atoms with Crippen LogP contribution in [0.3, 0.4) is 0 Å². The molecule has 0 saturated heterocycles. The zero-order valence-electron chi connectivity index (χ0n) is 9.43. The van der Waals surface area contributed by atoms with Crippen LogP contribution in [0.15, 0.2) is 46.9 Å². The Kier molecular flexibility index (Phi) is 2.59. The number of fused-ring (bicyclic) bond motifs is 1. The lowest BCUT2D eigenvalue weighted by atomic mass is 10.1. The highest BCUT2D eigenvalue weighted by molar-refractivity contribution is 9.10. The van der Waals surface area contributed by atoms with E-state index in [9.17, 15) is 9.90 Å². The van der Waals surface area contributed by atoms with E-state index in [1.807, 2.05) is 18.2 Å². The fraction of sp³-hybridized carbons (Fsp3) is 0.0714. The van der Waals surface area contributed by atoms with Crippen LogP contribution in [0, 0.1) is 0 Å². The molecule has 0 aliphatic carbocycles. The number of nitrogens with zero attached hydrogens (tertiary/aromatic N) is 1. The summed E-state index contributed by atoms with van der Waals surface area (Å²) in [5.74, 6) is 0.203. The van der Waals surface area contributed by atoms with E-state index < -0.39 is 0 Å². The molecule has 18 heavy (non-hydrogen) atoms. The molecule has 4 heteroatoms. The van der Waals surface area contributed by atoms with Gasteiger partial charge in [0.2, 0.25) is 0 Å². The second-order valence-corrected chi connectivity index (χ2v) is 5.12. The number of hydrogen-bond acceptors (Lipinski definition) is 2. The van der Waals surface area contributed by atoms with Gasteiger partial charge in [-0.1, -0.05) is 15.9 Å². The number of carbonyl (C=O) groups excluding carboxylic acids is 1. The molecule has 0 aromatic heterocycles. The van der Waals surface area contributed by atoms with Gasteiger partial charge >= 0.3 is 0 Å². The fourth-order valence-electron chi connectivity index (χ4n) is 2.13. The predicted molar refractivity (Wildman–Crippen MR) is 72.8 cm³/mol. The number of carbonyl (C=O) groups is 1. The van der Waals surface area contributed by atoms with Gasteiger partial charge in [-0.15, -0.1) is 0 Å². The largest absolute Gasteiger partial charge is 0.508 e. The van der Waals surface area contributed by atoms with Crippen molar-refractivity contribution in [2.45, 2.75) is 6.54 Å². The van der Waals surface area contributed by atoms with Crippen molar-refractivity contribution < 1.29 is 9.90 Å². The van der Waals surface area contributed by atoms with Gasteiger partial charge in [0.05, 0.1) is 6.54 Å². The highest BCUT2D eigenvalue weighted by Crippen LogP contribution is 2.30. The fourth-order valence-corrected chi connectivity index (χ4v) is 2.54. The first-order chi connectivity index (χ1) is 8.65. The topological polar surface area (TPSA) is 40.5 Å². The molecule has 0 bridgehead atoms. The molecule has 1 aliphatic heterocycles. The lowest BCUT2D eigenvalue weighted by Crippen LogP contribution is -2.22. The third-order valence-electron chi connectivity index (χ3n) is 3.03. The van der Waals surface area contributed by atoms with Gasteiger partial charge in [-0.05, 0) is 48.0 Å². The molecule has 0 spiro atoms. The molecule has 1 amide bonds. The van der Waals surface area contributed by atoms with E-state index in [2.05, 4.69) is 15.9 Å². The third-order valence-corrected chi connectivity index (χ3v) is 3.53. The summed E-state index contributed by atoms with van der Waals surface area (Å²) in [5, 5.41) is 9.27. The minimum absolute atomic E-state index is 0.00295. The highest BCUT2D eigenvalue weighted by Gasteiger charge is 2.28. The van der Waals surface area contributed by atoms with Crippen molar-refractivity contribution in [1.82, 2.24) is 0 Å². The van der Waals surface area contributed by atoms with Crippen molar-refractivity contribution in [1.29, 1.82) is 0 Å². The van der Waals surface area contributed by atoms with Crippen LogP contribution < -0.4 is 4.90 Å². The lowest BCUT2D eigenvalue weighted by molar-refractivity contribution is 0.0996. The Hall–Kier alpha value is -1.81. The molecular formula is C14H10BrNO2. The molecule has 0 saturated carbocycles. The molecule has 1 heterocycles. The molecule has 2 aromatic carbocycles. The number of aromatic hydroxyl groups is 1. The van der Waals surface area contributed by atoms with Gasteiger partial charge in [0.1, 0.15) is 5.75 Å². The number of halogens is 1. The summed E-state index contributed by atoms with van der Waals surface area (Å²) in [5.41, 5.74) is 2.55. The Balaban J connectivity index is 1.99. The maximum absolute atomic E-state index is 12.2. The molecule has 3 rings (SSSR count). The average Bonchev–Trinajstić information content (AvgIpc) is 2.67. The van der Waals surface area contributed by atoms with Crippen molar-refractivity contribution in [2.24, 2.45) is 0 Å². The van der Waals surface area contributed by atoms with Crippen LogP contribution in [0.25, 0.3) is 0 Å². The van der Waals surface area contributed by atoms with Crippen LogP contribution in [0.5, 0.6) is 5.75 Å². The Labute approximate surface area is 113 Å². The minimum Gasteiger partial charge on any atom is -0.508 e. The summed E-state index contributed by atoms with van der Waals surface area (Å²) < 4.78 is 0.974. The normalized spacial score (nSPS) is 13.8. The second-order valence-electron chi connectivity index (χ2n) is 4.21. The molecule has 0 fully saturated rings. The van der Waals surface area contributed by atoms with Gasteiger partial charge in [-0.25, -0.2) is 0 Å². The molecule has 90 valence electrons. The first-order valence-corrected chi connectivity index (χ1v) is 6.34. The van der Waals surface area contributed by atoms with E-state index in [4.69, 9.17) is 0 Å². The van der Waals surface area contributed by atoms with Crippen LogP contribution in [0.2, 0.25) is 0 Å². The third kappa shape index (κ3) is 1.78. The first kappa shape index (κ1) is 11.3. The predicted octanol–water partition coefficient (Wildman–Crippen LogP) is 3.32. The summed E-state index contributed by atoms with van der Waals surface area (Å²) >= 11 is 3.41. The van der Waals surface area contributed by atoms with E-state index >= 15 is 0 Å². The number of benzene rings is 2. The van der Waals surface area contributed by atoms with Crippen molar-refractivity contribution in [2.75, 3.05) is 4.90 Å². The van der Waals surface area contributed by atoms with Gasteiger partial charge < -0.3 is 10.0 Å². The van der Waals surface area contributed by atoms with Crippen molar-refractivity contribution in [3.05, 3.63) is 58.1 Å². The summed E-state index contributed by atoms with van der Waals surface area (Å²) in [4.78, 5) is 13.9. The van der Waals surface area contributed by atoms with Gasteiger partial charge in [0.15, 0.2) is 0 Å². The number of rotatable bonds is 1. The van der Waals surface area contributed by atoms with E-state index in [-0.39, 0.29) is 11.7 Å². The number of hydrogen-bond donors (Lipinski definition) is 1. The molecule has 2 aromatic rings. The van der Waals surface area contributed by atoms with Crippen LogP contribution >= 0.6 is 15.9 Å². The molecule has 3 nitrogen and oxygen atoms in total. The van der Waals surface area contributed by atoms with E-state index in [1.165, 1.54) is 0 Å². The average molecular weight is 304 g/mol. The van der Waals surface area contributed by atoms with Crippen LogP contribution in [0.4, 0.5) is 5.69 Å². The smallest absolute Gasteiger partial charge is 0.258 e. The SMILES string of the molecule is O=C1c2ccc(Br)cc2CN1c1ccc(O)cc1. The minimum atomic E-state index is 0.00295. The number of amides is 1. The Morgan fingerprint density at radius 1 is 1.11 bits per heavy atom. The van der Waals surface area contributed by atoms with Gasteiger partial charge in [-0.2, -0.15) is 0 Å². The van der Waals surface area contributed by atoms with E-state index in [0.717, 1.165) is 21.3 Å². The summed E-state index contributed by atoms with van der Waals surface area (Å²) in [6.45, 7) is 0.568. The Morgan fingerprint density at radius 3 is 2.56 bits per heavy atom. The maximum Gasteiger partial charge on any atom is 0.258 e. The van der Waals surface area contributed by atoms with Crippen LogP contribution in [0.1, 0.15) is 15.9 Å². The van der Waals surface area contributed by atoms with Crippen molar-refractivity contribution in [3.63, 3.8) is 0 Å². The first-order valence-electron chi connectivity index (χ1n) is 5.54. The molecule has 0 atom stereocenters. The standard InChI is InChI=1S/C14H10BrNO2/c15-10-1-6-13-9(7-10)8-16(14(13)18)11-2-4-12(17)5-3-11/h1-7,17H,8H2. The van der Waals surface area contributed by atoms with Crippen LogP contribution in [-0.4, -0.2) is 11.0 Å². The van der Waals surface area contributed by atoms with Gasteiger partial charge in [0, 0.05) is 15.7 Å².